The van der Waals surface area contributed by atoms with Crippen molar-refractivity contribution in [1.29, 1.82) is 0 Å². The van der Waals surface area contributed by atoms with E-state index in [2.05, 4.69) is 11.6 Å². The van der Waals surface area contributed by atoms with Crippen molar-refractivity contribution in [3.05, 3.63) is 30.1 Å². The van der Waals surface area contributed by atoms with E-state index in [1.165, 1.54) is 37.8 Å². The second kappa shape index (κ2) is 5.58. The highest BCUT2D eigenvalue weighted by Gasteiger charge is 2.23. The standard InChI is InChI=1S/C13H18FNS/c1-16-13-5-3-2-4-12(13)15-11-8-6-10(14)7-9-11/h6-9,12-13,15H,2-5H2,1H3. The topological polar surface area (TPSA) is 12.0 Å². The molecule has 0 saturated heterocycles. The van der Waals surface area contributed by atoms with Crippen LogP contribution < -0.4 is 5.32 Å². The molecule has 0 amide bonds. The first-order chi connectivity index (χ1) is 7.79. The molecule has 1 fully saturated rings. The maximum atomic E-state index is 12.8. The normalized spacial score (nSPS) is 25.4. The first kappa shape index (κ1) is 11.8. The van der Waals surface area contributed by atoms with Crippen LogP contribution in [-0.4, -0.2) is 17.5 Å². The largest absolute Gasteiger partial charge is 0.381 e. The van der Waals surface area contributed by atoms with Crippen molar-refractivity contribution in [2.75, 3.05) is 11.6 Å². The zero-order chi connectivity index (χ0) is 11.4. The highest BCUT2D eigenvalue weighted by molar-refractivity contribution is 7.99. The number of benzene rings is 1. The van der Waals surface area contributed by atoms with E-state index in [9.17, 15) is 4.39 Å². The Balaban J connectivity index is 1.99. The van der Waals surface area contributed by atoms with Gasteiger partial charge in [0.25, 0.3) is 0 Å². The second-order valence-electron chi connectivity index (χ2n) is 4.32. The smallest absolute Gasteiger partial charge is 0.123 e. The molecule has 2 atom stereocenters. The van der Waals surface area contributed by atoms with Crippen molar-refractivity contribution in [2.45, 2.75) is 37.0 Å². The summed E-state index contributed by atoms with van der Waals surface area (Å²) in [6.45, 7) is 0. The molecule has 1 N–H and O–H groups in total. The van der Waals surface area contributed by atoms with Gasteiger partial charge in [-0.25, -0.2) is 4.39 Å². The predicted molar refractivity (Wildman–Crippen MR) is 69.6 cm³/mol. The molecule has 1 saturated carbocycles. The third-order valence-corrected chi connectivity index (χ3v) is 4.37. The summed E-state index contributed by atoms with van der Waals surface area (Å²) >= 11 is 1.94. The lowest BCUT2D eigenvalue weighted by Crippen LogP contribution is -2.34. The number of anilines is 1. The average molecular weight is 239 g/mol. The minimum atomic E-state index is -0.171. The van der Waals surface area contributed by atoms with Gasteiger partial charge in [0.15, 0.2) is 0 Å². The number of hydrogen-bond donors (Lipinski definition) is 1. The third kappa shape index (κ3) is 2.91. The molecule has 0 aliphatic heterocycles. The van der Waals surface area contributed by atoms with Crippen LogP contribution in [0.2, 0.25) is 0 Å². The summed E-state index contributed by atoms with van der Waals surface area (Å²) in [4.78, 5) is 0. The number of thioether (sulfide) groups is 1. The van der Waals surface area contributed by atoms with Crippen LogP contribution in [-0.2, 0) is 0 Å². The van der Waals surface area contributed by atoms with Gasteiger partial charge in [-0.1, -0.05) is 12.8 Å². The quantitative estimate of drug-likeness (QED) is 0.858. The molecule has 16 heavy (non-hydrogen) atoms. The molecule has 0 aromatic heterocycles. The summed E-state index contributed by atoms with van der Waals surface area (Å²) < 4.78 is 12.8. The first-order valence-electron chi connectivity index (χ1n) is 5.84. The van der Waals surface area contributed by atoms with E-state index >= 15 is 0 Å². The molecule has 1 aromatic carbocycles. The summed E-state index contributed by atoms with van der Waals surface area (Å²) in [7, 11) is 0. The van der Waals surface area contributed by atoms with Gasteiger partial charge >= 0.3 is 0 Å². The van der Waals surface area contributed by atoms with Crippen molar-refractivity contribution in [3.8, 4) is 0 Å². The van der Waals surface area contributed by atoms with Gasteiger partial charge in [-0.2, -0.15) is 11.8 Å². The van der Waals surface area contributed by atoms with E-state index in [1.54, 1.807) is 0 Å². The summed E-state index contributed by atoms with van der Waals surface area (Å²) in [5, 5.41) is 4.21. The van der Waals surface area contributed by atoms with E-state index in [4.69, 9.17) is 0 Å². The molecular formula is C13H18FNS. The maximum Gasteiger partial charge on any atom is 0.123 e. The Kier molecular flexibility index (Phi) is 4.10. The lowest BCUT2D eigenvalue weighted by molar-refractivity contribution is 0.475. The van der Waals surface area contributed by atoms with Gasteiger partial charge in [0.2, 0.25) is 0 Å². The monoisotopic (exact) mass is 239 g/mol. The Labute approximate surface area is 101 Å². The fraction of sp³-hybridized carbons (Fsp3) is 0.538. The van der Waals surface area contributed by atoms with E-state index in [0.717, 1.165) is 5.69 Å². The van der Waals surface area contributed by atoms with E-state index in [1.807, 2.05) is 23.9 Å². The molecule has 1 aliphatic rings. The minimum absolute atomic E-state index is 0.171. The van der Waals surface area contributed by atoms with Crippen LogP contribution in [0, 0.1) is 5.82 Å². The van der Waals surface area contributed by atoms with Gasteiger partial charge in [0.1, 0.15) is 5.82 Å². The zero-order valence-electron chi connectivity index (χ0n) is 9.58. The number of nitrogens with one attached hydrogen (secondary N) is 1. The number of hydrogen-bond acceptors (Lipinski definition) is 2. The van der Waals surface area contributed by atoms with Crippen LogP contribution >= 0.6 is 11.8 Å². The van der Waals surface area contributed by atoms with Gasteiger partial charge in [0.05, 0.1) is 0 Å². The van der Waals surface area contributed by atoms with E-state index in [0.29, 0.717) is 11.3 Å². The van der Waals surface area contributed by atoms with Gasteiger partial charge in [-0.3, -0.25) is 0 Å². The second-order valence-corrected chi connectivity index (χ2v) is 5.39. The van der Waals surface area contributed by atoms with Crippen LogP contribution in [0.1, 0.15) is 25.7 Å². The molecule has 0 spiro atoms. The summed E-state index contributed by atoms with van der Waals surface area (Å²) in [6, 6.07) is 7.20. The fourth-order valence-corrected chi connectivity index (χ4v) is 3.24. The van der Waals surface area contributed by atoms with Crippen LogP contribution in [0.3, 0.4) is 0 Å². The van der Waals surface area contributed by atoms with Crippen molar-refractivity contribution in [1.82, 2.24) is 0 Å². The van der Waals surface area contributed by atoms with Crippen molar-refractivity contribution in [2.24, 2.45) is 0 Å². The number of halogens is 1. The van der Waals surface area contributed by atoms with E-state index < -0.39 is 0 Å². The third-order valence-electron chi connectivity index (χ3n) is 3.20. The molecule has 1 nitrogen and oxygen atoms in total. The molecule has 0 bridgehead atoms. The molecule has 3 heteroatoms. The molecule has 2 unspecified atom stereocenters. The van der Waals surface area contributed by atoms with Crippen molar-refractivity contribution in [3.63, 3.8) is 0 Å². The Morgan fingerprint density at radius 3 is 2.56 bits per heavy atom. The molecule has 2 rings (SSSR count). The Hall–Kier alpha value is -0.700. The predicted octanol–water partition coefficient (Wildman–Crippen LogP) is 3.91. The average Bonchev–Trinajstić information content (AvgIpc) is 2.33. The Morgan fingerprint density at radius 1 is 1.19 bits per heavy atom. The molecule has 0 heterocycles. The molecular weight excluding hydrogens is 221 g/mol. The van der Waals surface area contributed by atoms with Crippen LogP contribution in [0.4, 0.5) is 10.1 Å². The lowest BCUT2D eigenvalue weighted by Gasteiger charge is -2.31. The van der Waals surface area contributed by atoms with Gasteiger partial charge in [0, 0.05) is 17.0 Å². The molecule has 88 valence electrons. The van der Waals surface area contributed by atoms with E-state index in [-0.39, 0.29) is 5.82 Å². The highest BCUT2D eigenvalue weighted by atomic mass is 32.2. The maximum absolute atomic E-state index is 12.8. The minimum Gasteiger partial charge on any atom is -0.381 e. The molecule has 0 radical (unpaired) electrons. The highest BCUT2D eigenvalue weighted by Crippen LogP contribution is 2.29. The SMILES string of the molecule is CSC1CCCCC1Nc1ccc(F)cc1. The van der Waals surface area contributed by atoms with Gasteiger partial charge in [-0.05, 0) is 43.4 Å². The fourth-order valence-electron chi connectivity index (χ4n) is 2.30. The van der Waals surface area contributed by atoms with Crippen molar-refractivity contribution < 1.29 is 4.39 Å². The molecule has 1 aromatic rings. The summed E-state index contributed by atoms with van der Waals surface area (Å²) in [5.74, 6) is -0.171. The van der Waals surface area contributed by atoms with Crippen LogP contribution in [0.15, 0.2) is 24.3 Å². The van der Waals surface area contributed by atoms with Crippen LogP contribution in [0.25, 0.3) is 0 Å². The summed E-state index contributed by atoms with van der Waals surface area (Å²) in [5.41, 5.74) is 1.03. The summed E-state index contributed by atoms with van der Waals surface area (Å²) in [6.07, 6.45) is 7.33. The molecule has 1 aliphatic carbocycles. The van der Waals surface area contributed by atoms with Crippen molar-refractivity contribution >= 4 is 17.4 Å². The Morgan fingerprint density at radius 2 is 1.88 bits per heavy atom. The van der Waals surface area contributed by atoms with Gasteiger partial charge < -0.3 is 5.32 Å². The zero-order valence-corrected chi connectivity index (χ0v) is 10.4. The van der Waals surface area contributed by atoms with Crippen LogP contribution in [0.5, 0.6) is 0 Å². The lowest BCUT2D eigenvalue weighted by atomic mass is 9.94. The first-order valence-corrected chi connectivity index (χ1v) is 7.13. The Bertz CT molecular complexity index is 325. The van der Waals surface area contributed by atoms with Gasteiger partial charge in [-0.15, -0.1) is 0 Å². The number of rotatable bonds is 3.